The van der Waals surface area contributed by atoms with Crippen molar-refractivity contribution in [1.82, 2.24) is 0 Å². The van der Waals surface area contributed by atoms with Crippen molar-refractivity contribution in [1.29, 1.82) is 0 Å². The third-order valence-corrected chi connectivity index (χ3v) is 25.9. The first kappa shape index (κ1) is 25.5. The van der Waals surface area contributed by atoms with Crippen LogP contribution in [0.5, 0.6) is 0 Å². The summed E-state index contributed by atoms with van der Waals surface area (Å²) in [6.45, 7) is 17.4. The molecule has 0 saturated heterocycles. The quantitative estimate of drug-likeness (QED) is 0.270. The van der Waals surface area contributed by atoms with E-state index >= 15 is 0 Å². The van der Waals surface area contributed by atoms with Gasteiger partial charge in [-0.15, -0.1) is 0 Å². The molecule has 0 aromatic heterocycles. The molecule has 6 rings (SSSR count). The van der Waals surface area contributed by atoms with Crippen molar-refractivity contribution >= 4 is 23.7 Å². The predicted octanol–water partition coefficient (Wildman–Crippen LogP) is 9.62. The van der Waals surface area contributed by atoms with E-state index in [2.05, 4.69) is 124 Å². The molecule has 3 aromatic rings. The van der Waals surface area contributed by atoms with Crippen molar-refractivity contribution in [2.45, 2.75) is 76.4 Å². The first-order valence-corrected chi connectivity index (χ1v) is 24.5. The Morgan fingerprint density at radius 2 is 1.05 bits per heavy atom. The number of rotatable bonds is 3. The molecule has 0 fully saturated rings. The Labute approximate surface area is 230 Å². The van der Waals surface area contributed by atoms with Gasteiger partial charge in [0.1, 0.15) is 0 Å². The van der Waals surface area contributed by atoms with Gasteiger partial charge in [-0.2, -0.15) is 0 Å². The van der Waals surface area contributed by atoms with Gasteiger partial charge >= 0.3 is 232 Å². The molecule has 0 spiro atoms. The van der Waals surface area contributed by atoms with E-state index in [1.807, 2.05) is 0 Å². The van der Waals surface area contributed by atoms with Gasteiger partial charge in [0.2, 0.25) is 0 Å². The average Bonchev–Trinajstić information content (AvgIpc) is 3.35. The van der Waals surface area contributed by atoms with Gasteiger partial charge in [0, 0.05) is 0 Å². The van der Waals surface area contributed by atoms with Crippen LogP contribution in [0.2, 0.25) is 15.8 Å². The summed E-state index contributed by atoms with van der Waals surface area (Å²) in [7, 11) is -2.32. The van der Waals surface area contributed by atoms with E-state index in [0.29, 0.717) is 19.1 Å². The molecule has 3 aromatic carbocycles. The fourth-order valence-corrected chi connectivity index (χ4v) is 26.9. The Hall–Kier alpha value is -1.76. The van der Waals surface area contributed by atoms with Gasteiger partial charge in [-0.25, -0.2) is 0 Å². The van der Waals surface area contributed by atoms with E-state index < -0.39 is 28.3 Å². The summed E-state index contributed by atoms with van der Waals surface area (Å²) in [5.74, 6) is 1.05. The van der Waals surface area contributed by atoms with Crippen LogP contribution in [0.4, 0.5) is 0 Å². The molecular weight excluding hydrogens is 540 g/mol. The molecule has 2 heteroatoms. The molecule has 4 bridgehead atoms. The molecule has 1 aliphatic heterocycles. The monoisotopic (exact) mass is 580 g/mol. The third-order valence-electron chi connectivity index (χ3n) is 10.1. The maximum absolute atomic E-state index is 2.84. The van der Waals surface area contributed by atoms with E-state index in [-0.39, 0.29) is 0 Å². The van der Waals surface area contributed by atoms with Crippen LogP contribution < -0.4 is 5.19 Å². The van der Waals surface area contributed by atoms with Crippen LogP contribution in [0.1, 0.15) is 94.0 Å². The number of hydrogen-bond donors (Lipinski definition) is 0. The Morgan fingerprint density at radius 1 is 0.622 bits per heavy atom. The summed E-state index contributed by atoms with van der Waals surface area (Å²) >= 11 is -2.84. The molecule has 0 amide bonds. The Morgan fingerprint density at radius 3 is 1.46 bits per heavy atom. The fraction of sp³-hybridized carbons (Fsp3) is 0.371. The number of benzene rings is 3. The molecule has 2 unspecified atom stereocenters. The van der Waals surface area contributed by atoms with Gasteiger partial charge < -0.3 is 0 Å². The van der Waals surface area contributed by atoms with Crippen LogP contribution in [0, 0.1) is 0 Å². The van der Waals surface area contributed by atoms with Gasteiger partial charge in [-0.3, -0.25) is 0 Å². The number of fused-ring (bicyclic) bond motifs is 8. The van der Waals surface area contributed by atoms with Gasteiger partial charge in [0.15, 0.2) is 0 Å². The zero-order chi connectivity index (χ0) is 26.4. The van der Waals surface area contributed by atoms with E-state index in [9.17, 15) is 0 Å². The maximum atomic E-state index is 2.77. The molecule has 190 valence electrons. The van der Waals surface area contributed by atoms with Crippen molar-refractivity contribution in [3.05, 3.63) is 111 Å². The van der Waals surface area contributed by atoms with Crippen LogP contribution in [-0.2, 0) is 20.3 Å². The topological polar surface area (TPSA) is 0 Å². The van der Waals surface area contributed by atoms with Crippen molar-refractivity contribution in [3.63, 3.8) is 0 Å². The first-order chi connectivity index (χ1) is 17.5. The SMILES string of the molecule is CC1=C2c3c(C(C)C)cccc3[CH]1[Zr]([CH3])([CH3])[CH]1C(C)=C(c3c(C(C)C)cccc31)[Si]2(C)c1ccccc1. The third kappa shape index (κ3) is 3.28. The fourth-order valence-electron chi connectivity index (χ4n) is 8.91. The Balaban J connectivity index is 1.83. The van der Waals surface area contributed by atoms with Crippen molar-refractivity contribution in [2.75, 3.05) is 0 Å². The minimum absolute atomic E-state index is 0.523. The van der Waals surface area contributed by atoms with Crippen LogP contribution in [0.15, 0.2) is 77.9 Å². The van der Waals surface area contributed by atoms with E-state index in [1.54, 1.807) is 60.1 Å². The Bertz CT molecular complexity index is 1400. The van der Waals surface area contributed by atoms with Crippen molar-refractivity contribution in [3.8, 4) is 0 Å². The summed E-state index contributed by atoms with van der Waals surface area (Å²) in [6, 6.07) is 26.3. The summed E-state index contributed by atoms with van der Waals surface area (Å²) in [6.07, 6.45) is 0. The van der Waals surface area contributed by atoms with Crippen molar-refractivity contribution in [2.24, 2.45) is 0 Å². The van der Waals surface area contributed by atoms with Crippen molar-refractivity contribution < 1.29 is 20.3 Å². The summed E-state index contributed by atoms with van der Waals surface area (Å²) in [5, 5.41) is 5.09. The second kappa shape index (κ2) is 8.62. The minimum atomic E-state index is -2.84. The molecule has 0 N–H and O–H groups in total. The van der Waals surface area contributed by atoms with Crippen LogP contribution in [0.3, 0.4) is 0 Å². The first-order valence-electron chi connectivity index (χ1n) is 14.3. The van der Waals surface area contributed by atoms with Gasteiger partial charge in [0.05, 0.1) is 0 Å². The number of allylic oxidation sites excluding steroid dienone is 2. The standard InChI is InChI=1S/C33H36Si.2CH3.Zr/c1-21(2)28-17-11-13-25-19-23(5)32(30(25)28)34(7,27-15-9-8-10-16-27)33-24(6)20-26-14-12-18-29(22(3)4)31(26)33;;;/h8-22H,1-7H3;2*1H3;. The molecule has 3 aliphatic rings. The summed E-state index contributed by atoms with van der Waals surface area (Å²) in [5.41, 5.74) is 13.3. The van der Waals surface area contributed by atoms with Gasteiger partial charge in [0.25, 0.3) is 0 Å². The molecule has 2 atom stereocenters. The summed E-state index contributed by atoms with van der Waals surface area (Å²) < 4.78 is 6.83. The van der Waals surface area contributed by atoms with Crippen LogP contribution in [-0.4, -0.2) is 8.07 Å². The van der Waals surface area contributed by atoms with E-state index in [0.717, 1.165) is 0 Å². The van der Waals surface area contributed by atoms with E-state index in [1.165, 1.54) is 0 Å². The molecule has 1 heterocycles. The molecular formula is C35H42SiZr. The Kier molecular flexibility index (Phi) is 5.95. The molecule has 2 aliphatic carbocycles. The molecule has 0 radical (unpaired) electrons. The molecule has 0 nitrogen and oxygen atoms in total. The van der Waals surface area contributed by atoms with Crippen LogP contribution >= 0.6 is 0 Å². The average molecular weight is 582 g/mol. The molecule has 37 heavy (non-hydrogen) atoms. The van der Waals surface area contributed by atoms with Crippen LogP contribution in [0.25, 0.3) is 10.4 Å². The number of hydrogen-bond acceptors (Lipinski definition) is 0. The second-order valence-corrected chi connectivity index (χ2v) is 28.8. The predicted molar refractivity (Wildman–Crippen MR) is 161 cm³/mol. The second-order valence-electron chi connectivity index (χ2n) is 13.2. The van der Waals surface area contributed by atoms with E-state index in [4.69, 9.17) is 0 Å². The normalized spacial score (nSPS) is 25.5. The van der Waals surface area contributed by atoms with Gasteiger partial charge in [-0.1, -0.05) is 0 Å². The summed E-state index contributed by atoms with van der Waals surface area (Å²) in [4.78, 5) is 0. The molecule has 0 saturated carbocycles. The van der Waals surface area contributed by atoms with Gasteiger partial charge in [-0.05, 0) is 0 Å². The zero-order valence-corrected chi connectivity index (χ0v) is 27.6. The zero-order valence-electron chi connectivity index (χ0n) is 24.2.